The van der Waals surface area contributed by atoms with Crippen LogP contribution in [0.5, 0.6) is 0 Å². The van der Waals surface area contributed by atoms with Gasteiger partial charge in [0.1, 0.15) is 24.5 Å². The number of aliphatic hydroxyl groups is 1. The van der Waals surface area contributed by atoms with Crippen LogP contribution in [0.3, 0.4) is 0 Å². The monoisotopic (exact) mass is 894 g/mol. The van der Waals surface area contributed by atoms with E-state index in [4.69, 9.17) is 19.6 Å². The molecule has 4 amide bonds. The van der Waals surface area contributed by atoms with Crippen LogP contribution in [0, 0.1) is 11.3 Å². The number of hydrazine groups is 1. The molecule has 18 heteroatoms. The highest BCUT2D eigenvalue weighted by Crippen LogP contribution is 2.41. The van der Waals surface area contributed by atoms with E-state index in [-0.39, 0.29) is 45.3 Å². The SMILES string of the molecule is C=CC(=O)N1CCC(O)(C(=O)N(C)[C@H](C(=O)N[C@H]2Cn3cnc(n3)-c3ccc4c(c3)c(c(-c3cccnc3[C@H](C)OC)n4CC)CC(C)(C)COC(=O)[C@@H]3CCCN(N3)C2=O)C(C)C)C1. The van der Waals surface area contributed by atoms with Gasteiger partial charge in [0.25, 0.3) is 11.8 Å². The number of nitrogens with zero attached hydrogens (tertiary/aromatic N) is 8. The number of ether oxygens (including phenoxy) is 2. The summed E-state index contributed by atoms with van der Waals surface area (Å²) < 4.78 is 15.6. The standard InChI is InChI=1S/C47H62N10O8/c1-10-37(58)54-21-18-47(63,25-54)45(62)53(8)39(28(3)4)42(59)50-35-24-55-27-49-41(52-55)30-16-17-36-32(22-30)33(40(56(36)11-2)31-14-12-19-48-38(31)29(5)64-9)23-46(6,7)26-65-44(61)34-15-13-20-57(51-34)43(35)60/h10,12,14,16-17,19,22,27-29,34-35,39,51,63H,1,11,13,15,18,20-21,23-26H2,2-9H3,(H,50,59)/t29-,34-,35-,39-,47?/m0/s1. The molecule has 3 aliphatic rings. The van der Waals surface area contributed by atoms with Gasteiger partial charge in [-0.05, 0) is 81.0 Å². The molecule has 18 nitrogen and oxygen atoms in total. The Labute approximate surface area is 379 Å². The van der Waals surface area contributed by atoms with Crippen molar-refractivity contribution in [1.82, 2.24) is 49.9 Å². The Hall–Kier alpha value is -5.98. The molecule has 6 bridgehead atoms. The molecule has 3 N–H and O–H groups in total. The molecular formula is C47H62N10O8. The minimum atomic E-state index is -1.92. The van der Waals surface area contributed by atoms with Crippen LogP contribution in [-0.4, -0.2) is 138 Å². The number of nitrogens with one attached hydrogen (secondary N) is 2. The van der Waals surface area contributed by atoms with Gasteiger partial charge < -0.3 is 34.3 Å². The predicted molar refractivity (Wildman–Crippen MR) is 241 cm³/mol. The molecule has 1 unspecified atom stereocenters. The molecule has 65 heavy (non-hydrogen) atoms. The summed E-state index contributed by atoms with van der Waals surface area (Å²) in [5.74, 6) is -2.87. The molecule has 2 fully saturated rings. The third kappa shape index (κ3) is 9.42. The summed E-state index contributed by atoms with van der Waals surface area (Å²) in [4.78, 5) is 81.0. The maximum atomic E-state index is 14.6. The Morgan fingerprint density at radius 1 is 1.15 bits per heavy atom. The van der Waals surface area contributed by atoms with E-state index < -0.39 is 64.7 Å². The van der Waals surface area contributed by atoms with Gasteiger partial charge in [-0.25, -0.2) is 15.1 Å². The van der Waals surface area contributed by atoms with E-state index in [1.165, 1.54) is 32.9 Å². The maximum Gasteiger partial charge on any atom is 0.324 e. The van der Waals surface area contributed by atoms with Gasteiger partial charge in [-0.1, -0.05) is 34.3 Å². The van der Waals surface area contributed by atoms with Gasteiger partial charge in [0.05, 0.1) is 37.2 Å². The molecule has 2 saturated heterocycles. The Morgan fingerprint density at radius 3 is 2.63 bits per heavy atom. The minimum Gasteiger partial charge on any atom is -0.464 e. The van der Waals surface area contributed by atoms with E-state index in [1.807, 2.05) is 19.1 Å². The van der Waals surface area contributed by atoms with Crippen LogP contribution in [0.4, 0.5) is 0 Å². The number of esters is 1. The zero-order valence-electron chi connectivity index (χ0n) is 38.7. The molecule has 0 saturated carbocycles. The smallest absolute Gasteiger partial charge is 0.324 e. The molecule has 0 radical (unpaired) electrons. The van der Waals surface area contributed by atoms with Crippen LogP contribution < -0.4 is 10.7 Å². The van der Waals surface area contributed by atoms with E-state index in [0.717, 1.165) is 45.1 Å². The summed E-state index contributed by atoms with van der Waals surface area (Å²) in [5, 5.41) is 21.5. The highest BCUT2D eigenvalue weighted by Gasteiger charge is 2.48. The Morgan fingerprint density at radius 2 is 1.92 bits per heavy atom. The number of likely N-dealkylation sites (tertiary alicyclic amines) is 1. The first-order valence-electron chi connectivity index (χ1n) is 22.4. The number of amides is 4. The first-order valence-corrected chi connectivity index (χ1v) is 22.4. The quantitative estimate of drug-likeness (QED) is 0.155. The Bertz CT molecular complexity index is 2480. The van der Waals surface area contributed by atoms with Crippen LogP contribution in [0.1, 0.15) is 78.2 Å². The van der Waals surface area contributed by atoms with Crippen molar-refractivity contribution in [3.05, 3.63) is 66.8 Å². The van der Waals surface area contributed by atoms with Crippen molar-refractivity contribution >= 4 is 40.5 Å². The van der Waals surface area contributed by atoms with Crippen molar-refractivity contribution < 1.29 is 38.6 Å². The number of carbonyl (C=O) groups is 5. The predicted octanol–water partition coefficient (Wildman–Crippen LogP) is 3.43. The molecule has 6 heterocycles. The van der Waals surface area contributed by atoms with Crippen LogP contribution in [0.15, 0.2) is 55.5 Å². The van der Waals surface area contributed by atoms with Crippen molar-refractivity contribution in [2.45, 2.75) is 110 Å². The summed E-state index contributed by atoms with van der Waals surface area (Å²) >= 11 is 0. The van der Waals surface area contributed by atoms with Crippen molar-refractivity contribution in [2.75, 3.05) is 40.4 Å². The molecule has 0 spiro atoms. The molecule has 7 rings (SSSR count). The Balaban J connectivity index is 1.27. The first-order chi connectivity index (χ1) is 30.9. The number of fused-ring (bicyclic) bond motifs is 6. The average molecular weight is 895 g/mol. The van der Waals surface area contributed by atoms with Gasteiger partial charge in [0.2, 0.25) is 11.8 Å². The summed E-state index contributed by atoms with van der Waals surface area (Å²) in [6.45, 7) is 16.0. The fourth-order valence-corrected chi connectivity index (χ4v) is 9.44. The summed E-state index contributed by atoms with van der Waals surface area (Å²) in [6, 6.07) is 6.87. The van der Waals surface area contributed by atoms with E-state index in [1.54, 1.807) is 27.2 Å². The van der Waals surface area contributed by atoms with Crippen molar-refractivity contribution in [3.8, 4) is 22.6 Å². The number of hydrogen-bond acceptors (Lipinski definition) is 12. The molecule has 5 atom stereocenters. The van der Waals surface area contributed by atoms with E-state index >= 15 is 0 Å². The van der Waals surface area contributed by atoms with Crippen molar-refractivity contribution in [2.24, 2.45) is 11.3 Å². The van der Waals surface area contributed by atoms with Gasteiger partial charge in [0, 0.05) is 73.9 Å². The largest absolute Gasteiger partial charge is 0.464 e. The van der Waals surface area contributed by atoms with Crippen LogP contribution in [0.25, 0.3) is 33.5 Å². The van der Waals surface area contributed by atoms with Gasteiger partial charge in [-0.3, -0.25) is 34.0 Å². The number of benzene rings is 1. The lowest BCUT2D eigenvalue weighted by Gasteiger charge is -2.37. The molecule has 0 aliphatic carbocycles. The molecule has 1 aromatic carbocycles. The average Bonchev–Trinajstić information content (AvgIpc) is 4.02. The highest BCUT2D eigenvalue weighted by atomic mass is 16.5. The number of methoxy groups -OCH3 is 1. The second-order valence-electron chi connectivity index (χ2n) is 18.6. The molecule has 4 aromatic rings. The second-order valence-corrected chi connectivity index (χ2v) is 18.6. The van der Waals surface area contributed by atoms with Crippen molar-refractivity contribution in [1.29, 1.82) is 0 Å². The summed E-state index contributed by atoms with van der Waals surface area (Å²) in [6.07, 6.45) is 5.54. The van der Waals surface area contributed by atoms with Crippen LogP contribution in [0.2, 0.25) is 0 Å². The third-order valence-electron chi connectivity index (χ3n) is 12.9. The number of cyclic esters (lactones) is 1. The number of likely N-dealkylation sites (N-methyl/N-ethyl adjacent to an activating group) is 1. The lowest BCUT2D eigenvalue weighted by Crippen LogP contribution is -2.63. The Kier molecular flexibility index (Phi) is 13.6. The molecule has 3 aliphatic heterocycles. The minimum absolute atomic E-state index is 0.0153. The number of hydrogen-bond donors (Lipinski definition) is 3. The molecule has 348 valence electrons. The molecule has 3 aromatic heterocycles. The summed E-state index contributed by atoms with van der Waals surface area (Å²) in [7, 11) is 3.09. The second kappa shape index (κ2) is 18.9. The van der Waals surface area contributed by atoms with Crippen LogP contribution >= 0.6 is 0 Å². The number of β-amino-alcohol motifs (C(OH)–C–C–N with tert-alkyl or cyclic N) is 1. The maximum absolute atomic E-state index is 14.6. The fraction of sp³-hybridized carbons (Fsp3) is 0.532. The normalized spacial score (nSPS) is 22.3. The van der Waals surface area contributed by atoms with Gasteiger partial charge >= 0.3 is 5.97 Å². The topological polar surface area (TPSA) is 206 Å². The number of rotatable bonds is 10. The van der Waals surface area contributed by atoms with Gasteiger partial charge in [0.15, 0.2) is 11.4 Å². The van der Waals surface area contributed by atoms with Gasteiger partial charge in [-0.15, -0.1) is 0 Å². The van der Waals surface area contributed by atoms with Crippen molar-refractivity contribution in [3.63, 3.8) is 0 Å². The molecular weight excluding hydrogens is 833 g/mol. The van der Waals surface area contributed by atoms with Crippen LogP contribution in [-0.2, 0) is 53.0 Å². The zero-order valence-corrected chi connectivity index (χ0v) is 38.7. The van der Waals surface area contributed by atoms with Gasteiger partial charge in [-0.2, -0.15) is 5.10 Å². The lowest BCUT2D eigenvalue weighted by atomic mass is 9.84. The first kappa shape index (κ1) is 47.0. The zero-order chi connectivity index (χ0) is 47.0. The number of aryl methyl sites for hydroxylation is 1. The summed E-state index contributed by atoms with van der Waals surface area (Å²) in [5.41, 5.74) is 6.11. The third-order valence-corrected chi connectivity index (χ3v) is 12.9. The number of aromatic nitrogens is 5. The highest BCUT2D eigenvalue weighted by molar-refractivity contribution is 5.96. The van der Waals surface area contributed by atoms with E-state index in [9.17, 15) is 29.1 Å². The van der Waals surface area contributed by atoms with E-state index in [2.05, 4.69) is 65.8 Å². The van der Waals surface area contributed by atoms with E-state index in [0.29, 0.717) is 31.6 Å². The number of pyridine rings is 1. The number of carbonyl (C=O) groups excluding carboxylic acids is 5. The lowest BCUT2D eigenvalue weighted by molar-refractivity contribution is -0.156. The fourth-order valence-electron chi connectivity index (χ4n) is 9.44.